The van der Waals surface area contributed by atoms with Crippen LogP contribution in [0.2, 0.25) is 0 Å². The molecule has 10 heavy (non-hydrogen) atoms. The van der Waals surface area contributed by atoms with Crippen LogP contribution in [0.15, 0.2) is 0 Å². The molecule has 3 heteroatoms. The molecule has 0 saturated heterocycles. The van der Waals surface area contributed by atoms with E-state index in [4.69, 9.17) is 4.74 Å². The number of likely N-dealkylation sites (N-methyl/N-ethyl adjacent to an activating group) is 1. The van der Waals surface area contributed by atoms with Gasteiger partial charge in [0.1, 0.15) is 12.1 Å². The summed E-state index contributed by atoms with van der Waals surface area (Å²) in [5, 5.41) is 2.59. The van der Waals surface area contributed by atoms with Crippen molar-refractivity contribution in [2.45, 2.75) is 26.4 Å². The Morgan fingerprint density at radius 2 is 2.00 bits per heavy atom. The standard InChI is InChI=1S/C7H14NO2/c1-7(2,3)10-6(9)5-8-4/h5,8H,1-4H3. The Labute approximate surface area is 61.8 Å². The van der Waals surface area contributed by atoms with E-state index in [2.05, 4.69) is 5.32 Å². The molecule has 0 aliphatic carbocycles. The van der Waals surface area contributed by atoms with Crippen molar-refractivity contribution in [3.63, 3.8) is 0 Å². The van der Waals surface area contributed by atoms with Gasteiger partial charge in [0.25, 0.3) is 0 Å². The first kappa shape index (κ1) is 9.43. The predicted molar refractivity (Wildman–Crippen MR) is 39.2 cm³/mol. The fourth-order valence-electron chi connectivity index (χ4n) is 0.449. The van der Waals surface area contributed by atoms with Crippen molar-refractivity contribution in [3.05, 3.63) is 6.54 Å². The molecule has 0 bridgehead atoms. The van der Waals surface area contributed by atoms with E-state index in [0.29, 0.717) is 0 Å². The summed E-state index contributed by atoms with van der Waals surface area (Å²) < 4.78 is 4.92. The van der Waals surface area contributed by atoms with E-state index in [1.54, 1.807) is 7.05 Å². The highest BCUT2D eigenvalue weighted by molar-refractivity contribution is 5.78. The normalized spacial score (nSPS) is 11.2. The Bertz CT molecular complexity index is 115. The maximum absolute atomic E-state index is 10.7. The molecule has 0 atom stereocenters. The highest BCUT2D eigenvalue weighted by atomic mass is 16.6. The van der Waals surface area contributed by atoms with Gasteiger partial charge in [-0.2, -0.15) is 0 Å². The highest BCUT2D eigenvalue weighted by Gasteiger charge is 2.14. The quantitative estimate of drug-likeness (QED) is 0.580. The lowest BCUT2D eigenvalue weighted by molar-refractivity contribution is -0.150. The lowest BCUT2D eigenvalue weighted by Gasteiger charge is -2.18. The predicted octanol–water partition coefficient (Wildman–Crippen LogP) is 0.709. The van der Waals surface area contributed by atoms with E-state index in [0.717, 1.165) is 0 Å². The van der Waals surface area contributed by atoms with Crippen molar-refractivity contribution in [1.29, 1.82) is 0 Å². The van der Waals surface area contributed by atoms with Crippen molar-refractivity contribution >= 4 is 5.97 Å². The van der Waals surface area contributed by atoms with Crippen LogP contribution in [0.1, 0.15) is 20.8 Å². The zero-order valence-electron chi connectivity index (χ0n) is 6.89. The second kappa shape index (κ2) is 3.56. The van der Waals surface area contributed by atoms with Crippen LogP contribution in [-0.4, -0.2) is 18.6 Å². The molecule has 1 radical (unpaired) electrons. The van der Waals surface area contributed by atoms with Gasteiger partial charge in [-0.05, 0) is 27.8 Å². The summed E-state index contributed by atoms with van der Waals surface area (Å²) in [6.07, 6.45) is 0. The fraction of sp³-hybridized carbons (Fsp3) is 0.714. The number of carbonyl (C=O) groups excluding carboxylic acids is 1. The number of carbonyl (C=O) groups is 1. The van der Waals surface area contributed by atoms with Crippen molar-refractivity contribution < 1.29 is 9.53 Å². The van der Waals surface area contributed by atoms with E-state index < -0.39 is 5.60 Å². The molecular weight excluding hydrogens is 130 g/mol. The van der Waals surface area contributed by atoms with Crippen LogP contribution in [-0.2, 0) is 9.53 Å². The molecule has 0 heterocycles. The van der Waals surface area contributed by atoms with Gasteiger partial charge >= 0.3 is 5.97 Å². The fourth-order valence-corrected chi connectivity index (χ4v) is 0.449. The van der Waals surface area contributed by atoms with Gasteiger partial charge in [0.2, 0.25) is 0 Å². The molecule has 0 aromatic rings. The Morgan fingerprint density at radius 3 is 2.30 bits per heavy atom. The van der Waals surface area contributed by atoms with Gasteiger partial charge < -0.3 is 10.1 Å². The minimum absolute atomic E-state index is 0.338. The molecule has 0 amide bonds. The van der Waals surface area contributed by atoms with E-state index in [1.165, 1.54) is 6.54 Å². The SMILES string of the molecule is CN[CH]C(=O)OC(C)(C)C. The van der Waals surface area contributed by atoms with Crippen LogP contribution in [0.4, 0.5) is 0 Å². The Kier molecular flexibility index (Phi) is 3.36. The third-order valence-corrected chi connectivity index (χ3v) is 0.669. The third kappa shape index (κ3) is 5.56. The minimum Gasteiger partial charge on any atom is -0.459 e. The molecule has 0 unspecified atom stereocenters. The maximum atomic E-state index is 10.7. The lowest BCUT2D eigenvalue weighted by Crippen LogP contribution is -2.26. The highest BCUT2D eigenvalue weighted by Crippen LogP contribution is 2.06. The van der Waals surface area contributed by atoms with Crippen molar-refractivity contribution in [1.82, 2.24) is 5.32 Å². The van der Waals surface area contributed by atoms with Gasteiger partial charge in [-0.3, -0.25) is 4.79 Å². The van der Waals surface area contributed by atoms with Gasteiger partial charge in [0.05, 0.1) is 0 Å². The molecule has 3 nitrogen and oxygen atoms in total. The molecule has 0 aromatic heterocycles. The topological polar surface area (TPSA) is 38.3 Å². The molecule has 0 rings (SSSR count). The van der Waals surface area contributed by atoms with E-state index in [1.807, 2.05) is 20.8 Å². The zero-order valence-corrected chi connectivity index (χ0v) is 6.89. The first-order valence-corrected chi connectivity index (χ1v) is 3.19. The van der Waals surface area contributed by atoms with Gasteiger partial charge in [-0.25, -0.2) is 0 Å². The second-order valence-corrected chi connectivity index (χ2v) is 2.97. The summed E-state index contributed by atoms with van der Waals surface area (Å²) in [5.41, 5.74) is -0.398. The van der Waals surface area contributed by atoms with E-state index in [9.17, 15) is 4.79 Å². The van der Waals surface area contributed by atoms with E-state index >= 15 is 0 Å². The number of nitrogens with one attached hydrogen (secondary N) is 1. The summed E-state index contributed by atoms with van der Waals surface area (Å²) in [4.78, 5) is 10.7. The first-order chi connectivity index (χ1) is 4.45. The number of ether oxygens (including phenoxy) is 1. The molecule has 0 aliphatic rings. The number of hydrogen-bond acceptors (Lipinski definition) is 3. The second-order valence-electron chi connectivity index (χ2n) is 2.97. The largest absolute Gasteiger partial charge is 0.459 e. The Morgan fingerprint density at radius 1 is 1.50 bits per heavy atom. The van der Waals surface area contributed by atoms with Crippen LogP contribution in [0.25, 0.3) is 0 Å². The molecule has 0 spiro atoms. The zero-order chi connectivity index (χ0) is 8.20. The van der Waals surface area contributed by atoms with Crippen molar-refractivity contribution in [3.8, 4) is 0 Å². The summed E-state index contributed by atoms with van der Waals surface area (Å²) in [7, 11) is 1.66. The average molecular weight is 144 g/mol. The average Bonchev–Trinajstić information content (AvgIpc) is 1.59. The minimum atomic E-state index is -0.398. The first-order valence-electron chi connectivity index (χ1n) is 3.19. The van der Waals surface area contributed by atoms with Gasteiger partial charge in [0.15, 0.2) is 0 Å². The van der Waals surface area contributed by atoms with E-state index in [-0.39, 0.29) is 5.97 Å². The summed E-state index contributed by atoms with van der Waals surface area (Å²) in [6.45, 7) is 6.77. The molecule has 1 N–H and O–H groups in total. The molecule has 0 aromatic carbocycles. The van der Waals surface area contributed by atoms with Crippen LogP contribution in [0.3, 0.4) is 0 Å². The molecular formula is C7H14NO2. The summed E-state index contributed by atoms with van der Waals surface area (Å²) in [5.74, 6) is -0.338. The van der Waals surface area contributed by atoms with Crippen LogP contribution >= 0.6 is 0 Å². The molecule has 59 valence electrons. The van der Waals surface area contributed by atoms with Gasteiger partial charge in [0, 0.05) is 0 Å². The third-order valence-electron chi connectivity index (χ3n) is 0.669. The maximum Gasteiger partial charge on any atom is 0.325 e. The summed E-state index contributed by atoms with van der Waals surface area (Å²) >= 11 is 0. The molecule has 0 saturated carbocycles. The molecule has 0 fully saturated rings. The van der Waals surface area contributed by atoms with Crippen LogP contribution in [0, 0.1) is 6.54 Å². The van der Waals surface area contributed by atoms with Gasteiger partial charge in [-0.1, -0.05) is 0 Å². The monoisotopic (exact) mass is 144 g/mol. The lowest BCUT2D eigenvalue weighted by atomic mass is 10.2. The number of esters is 1. The van der Waals surface area contributed by atoms with Crippen molar-refractivity contribution in [2.24, 2.45) is 0 Å². The smallest absolute Gasteiger partial charge is 0.325 e. The number of rotatable bonds is 2. The Balaban J connectivity index is 3.58. The summed E-state index contributed by atoms with van der Waals surface area (Å²) in [6, 6.07) is 0. The Hall–Kier alpha value is -0.570. The molecule has 0 aliphatic heterocycles. The van der Waals surface area contributed by atoms with Gasteiger partial charge in [-0.15, -0.1) is 0 Å². The van der Waals surface area contributed by atoms with Crippen LogP contribution < -0.4 is 5.32 Å². The van der Waals surface area contributed by atoms with Crippen molar-refractivity contribution in [2.75, 3.05) is 7.05 Å². The number of hydrogen-bond donors (Lipinski definition) is 1. The van der Waals surface area contributed by atoms with Crippen LogP contribution in [0.5, 0.6) is 0 Å².